The van der Waals surface area contributed by atoms with Crippen LogP contribution in [0.3, 0.4) is 0 Å². The number of rotatable bonds is 5. The second kappa shape index (κ2) is 7.53. The van der Waals surface area contributed by atoms with E-state index in [9.17, 15) is 13.6 Å². The average Bonchev–Trinajstić information content (AvgIpc) is 2.63. The van der Waals surface area contributed by atoms with Gasteiger partial charge in [0, 0.05) is 17.7 Å². The molecular weight excluding hydrogens is 324 g/mol. The zero-order valence-corrected chi connectivity index (χ0v) is 13.2. The Morgan fingerprint density at radius 1 is 0.960 bits per heavy atom. The van der Waals surface area contributed by atoms with Gasteiger partial charge in [0.05, 0.1) is 11.9 Å². The van der Waals surface area contributed by atoms with Crippen LogP contribution in [0.2, 0.25) is 0 Å². The summed E-state index contributed by atoms with van der Waals surface area (Å²) >= 11 is 0. The molecule has 6 heteroatoms. The normalized spacial score (nSPS) is 10.3. The van der Waals surface area contributed by atoms with Gasteiger partial charge in [0.25, 0.3) is 5.91 Å². The van der Waals surface area contributed by atoms with Gasteiger partial charge >= 0.3 is 0 Å². The second-order valence-electron chi connectivity index (χ2n) is 5.34. The molecular formula is C19H15F2N3O. The quantitative estimate of drug-likeness (QED) is 0.732. The molecule has 0 unspecified atom stereocenters. The van der Waals surface area contributed by atoms with Crippen LogP contribution in [0.1, 0.15) is 15.9 Å². The van der Waals surface area contributed by atoms with Crippen molar-refractivity contribution in [3.63, 3.8) is 0 Å². The van der Waals surface area contributed by atoms with E-state index in [1.54, 1.807) is 36.5 Å². The number of aromatic nitrogens is 1. The third-order valence-corrected chi connectivity index (χ3v) is 3.55. The molecule has 0 radical (unpaired) electrons. The van der Waals surface area contributed by atoms with Crippen LogP contribution in [0.15, 0.2) is 66.9 Å². The number of amides is 1. The Balaban J connectivity index is 1.59. The van der Waals surface area contributed by atoms with Gasteiger partial charge in [-0.3, -0.25) is 4.79 Å². The fraction of sp³-hybridized carbons (Fsp3) is 0.0526. The Bertz CT molecular complexity index is 865. The van der Waals surface area contributed by atoms with Gasteiger partial charge in [-0.15, -0.1) is 0 Å². The molecule has 2 N–H and O–H groups in total. The number of benzene rings is 2. The van der Waals surface area contributed by atoms with Crippen LogP contribution in [-0.4, -0.2) is 10.9 Å². The Morgan fingerprint density at radius 2 is 1.72 bits per heavy atom. The molecule has 0 aliphatic heterocycles. The summed E-state index contributed by atoms with van der Waals surface area (Å²) in [7, 11) is 0. The number of nitrogens with one attached hydrogen (secondary N) is 2. The first-order valence-corrected chi connectivity index (χ1v) is 7.62. The molecule has 0 bridgehead atoms. The maximum absolute atomic E-state index is 13.6. The average molecular weight is 339 g/mol. The standard InChI is InChI=1S/C19H15F2N3O/c20-15-7-5-13(6-8-15)19(25)24-18-10-9-16(12-23-18)22-11-14-3-1-2-4-17(14)21/h1-10,12,22H,11H2,(H,23,24,25). The largest absolute Gasteiger partial charge is 0.380 e. The fourth-order valence-corrected chi connectivity index (χ4v) is 2.20. The Labute approximate surface area is 143 Å². The van der Waals surface area contributed by atoms with E-state index in [0.717, 1.165) is 0 Å². The highest BCUT2D eigenvalue weighted by molar-refractivity contribution is 6.03. The first-order valence-electron chi connectivity index (χ1n) is 7.62. The SMILES string of the molecule is O=C(Nc1ccc(NCc2ccccc2F)cn1)c1ccc(F)cc1. The molecule has 0 saturated carbocycles. The topological polar surface area (TPSA) is 54.0 Å². The lowest BCUT2D eigenvalue weighted by Crippen LogP contribution is -2.13. The molecule has 2 aromatic carbocycles. The summed E-state index contributed by atoms with van der Waals surface area (Å²) in [4.78, 5) is 16.2. The highest BCUT2D eigenvalue weighted by Crippen LogP contribution is 2.14. The van der Waals surface area contributed by atoms with E-state index in [-0.39, 0.29) is 11.7 Å². The van der Waals surface area contributed by atoms with E-state index < -0.39 is 5.82 Å². The highest BCUT2D eigenvalue weighted by atomic mass is 19.1. The predicted molar refractivity (Wildman–Crippen MR) is 92.3 cm³/mol. The minimum atomic E-state index is -0.403. The van der Waals surface area contributed by atoms with Gasteiger partial charge < -0.3 is 10.6 Å². The lowest BCUT2D eigenvalue weighted by atomic mass is 10.2. The second-order valence-corrected chi connectivity index (χ2v) is 5.34. The van der Waals surface area contributed by atoms with Crippen molar-refractivity contribution in [3.8, 4) is 0 Å². The van der Waals surface area contributed by atoms with Crippen LogP contribution >= 0.6 is 0 Å². The minimum Gasteiger partial charge on any atom is -0.380 e. The summed E-state index contributed by atoms with van der Waals surface area (Å²) in [5.41, 5.74) is 1.59. The molecule has 0 aliphatic carbocycles. The molecule has 0 spiro atoms. The fourth-order valence-electron chi connectivity index (χ4n) is 2.20. The maximum atomic E-state index is 13.6. The third-order valence-electron chi connectivity index (χ3n) is 3.55. The van der Waals surface area contributed by atoms with E-state index in [1.807, 2.05) is 0 Å². The van der Waals surface area contributed by atoms with Crippen LogP contribution in [0.25, 0.3) is 0 Å². The van der Waals surface area contributed by atoms with E-state index >= 15 is 0 Å². The minimum absolute atomic E-state index is 0.272. The maximum Gasteiger partial charge on any atom is 0.256 e. The van der Waals surface area contributed by atoms with Crippen molar-refractivity contribution in [1.82, 2.24) is 4.98 Å². The number of halogens is 2. The van der Waals surface area contributed by atoms with Gasteiger partial charge in [-0.25, -0.2) is 13.8 Å². The van der Waals surface area contributed by atoms with Gasteiger partial charge in [-0.1, -0.05) is 18.2 Å². The van der Waals surface area contributed by atoms with Crippen LogP contribution in [0.5, 0.6) is 0 Å². The van der Waals surface area contributed by atoms with Crippen molar-refractivity contribution in [2.24, 2.45) is 0 Å². The third kappa shape index (κ3) is 4.38. The summed E-state index contributed by atoms with van der Waals surface area (Å²) in [5.74, 6) is -0.684. The molecule has 0 aliphatic rings. The van der Waals surface area contributed by atoms with Crippen molar-refractivity contribution in [2.45, 2.75) is 6.54 Å². The smallest absolute Gasteiger partial charge is 0.256 e. The lowest BCUT2D eigenvalue weighted by molar-refractivity contribution is 0.102. The number of carbonyl (C=O) groups is 1. The summed E-state index contributed by atoms with van der Waals surface area (Å²) < 4.78 is 26.4. The molecule has 0 fully saturated rings. The first kappa shape index (κ1) is 16.6. The van der Waals surface area contributed by atoms with Crippen LogP contribution in [0.4, 0.5) is 20.3 Å². The Morgan fingerprint density at radius 3 is 2.40 bits per heavy atom. The Kier molecular flexibility index (Phi) is 4.99. The van der Waals surface area contributed by atoms with Crippen molar-refractivity contribution in [1.29, 1.82) is 0 Å². The number of pyridine rings is 1. The number of carbonyl (C=O) groups excluding carboxylic acids is 1. The summed E-state index contributed by atoms with van der Waals surface area (Å²) in [6.45, 7) is 0.329. The van der Waals surface area contributed by atoms with Crippen molar-refractivity contribution in [3.05, 3.63) is 89.6 Å². The summed E-state index contributed by atoms with van der Waals surface area (Å²) in [5, 5.41) is 5.69. The zero-order valence-electron chi connectivity index (χ0n) is 13.2. The van der Waals surface area contributed by atoms with E-state index in [1.165, 1.54) is 30.3 Å². The lowest BCUT2D eigenvalue weighted by Gasteiger charge is -2.08. The van der Waals surface area contributed by atoms with Crippen LogP contribution in [-0.2, 0) is 6.54 Å². The number of hydrogen-bond acceptors (Lipinski definition) is 3. The predicted octanol–water partition coefficient (Wildman–Crippen LogP) is 4.22. The first-order chi connectivity index (χ1) is 12.1. The molecule has 4 nitrogen and oxygen atoms in total. The Hall–Kier alpha value is -3.28. The van der Waals surface area contributed by atoms with E-state index in [0.29, 0.717) is 29.2 Å². The van der Waals surface area contributed by atoms with Gasteiger partial charge in [0.15, 0.2) is 0 Å². The van der Waals surface area contributed by atoms with E-state index in [2.05, 4.69) is 15.6 Å². The monoisotopic (exact) mass is 339 g/mol. The molecule has 3 rings (SSSR count). The van der Waals surface area contributed by atoms with Gasteiger partial charge in [0.2, 0.25) is 0 Å². The van der Waals surface area contributed by atoms with Crippen molar-refractivity contribution in [2.75, 3.05) is 10.6 Å². The van der Waals surface area contributed by atoms with Gasteiger partial charge in [-0.2, -0.15) is 0 Å². The summed E-state index contributed by atoms with van der Waals surface area (Å²) in [6, 6.07) is 15.1. The summed E-state index contributed by atoms with van der Waals surface area (Å²) in [6.07, 6.45) is 1.54. The number of nitrogens with zero attached hydrogens (tertiary/aromatic N) is 1. The molecule has 0 atom stereocenters. The van der Waals surface area contributed by atoms with Gasteiger partial charge in [0.1, 0.15) is 17.5 Å². The molecule has 1 amide bonds. The zero-order chi connectivity index (χ0) is 17.6. The highest BCUT2D eigenvalue weighted by Gasteiger charge is 2.07. The molecule has 3 aromatic rings. The molecule has 25 heavy (non-hydrogen) atoms. The van der Waals surface area contributed by atoms with E-state index in [4.69, 9.17) is 0 Å². The molecule has 1 aromatic heterocycles. The van der Waals surface area contributed by atoms with Crippen LogP contribution < -0.4 is 10.6 Å². The number of anilines is 2. The van der Waals surface area contributed by atoms with Crippen molar-refractivity contribution >= 4 is 17.4 Å². The number of hydrogen-bond donors (Lipinski definition) is 2. The molecule has 0 saturated heterocycles. The molecule has 1 heterocycles. The molecule has 126 valence electrons. The van der Waals surface area contributed by atoms with Gasteiger partial charge in [-0.05, 0) is 42.5 Å². The van der Waals surface area contributed by atoms with Crippen molar-refractivity contribution < 1.29 is 13.6 Å². The van der Waals surface area contributed by atoms with Crippen LogP contribution in [0, 0.1) is 11.6 Å².